The summed E-state index contributed by atoms with van der Waals surface area (Å²) in [5.41, 5.74) is 3.84. The van der Waals surface area contributed by atoms with Crippen LogP contribution in [0.2, 0.25) is 0 Å². The molecule has 96 valence electrons. The summed E-state index contributed by atoms with van der Waals surface area (Å²) in [6, 6.07) is 1.86. The fraction of sp³-hybridized carbons (Fsp3) is 0.286. The highest BCUT2D eigenvalue weighted by Gasteiger charge is 2.20. The van der Waals surface area contributed by atoms with Crippen molar-refractivity contribution in [2.45, 2.75) is 26.2 Å². The Morgan fingerprint density at radius 2 is 1.95 bits per heavy atom. The van der Waals surface area contributed by atoms with Crippen molar-refractivity contribution >= 4 is 5.65 Å². The van der Waals surface area contributed by atoms with Gasteiger partial charge in [-0.05, 0) is 11.5 Å². The average Bonchev–Trinajstić information content (AvgIpc) is 2.82. The van der Waals surface area contributed by atoms with E-state index in [9.17, 15) is 0 Å². The lowest BCUT2D eigenvalue weighted by atomic mass is 9.89. The molecule has 3 heterocycles. The van der Waals surface area contributed by atoms with E-state index in [2.05, 4.69) is 40.8 Å². The van der Waals surface area contributed by atoms with Gasteiger partial charge in [-0.3, -0.25) is 0 Å². The van der Waals surface area contributed by atoms with Crippen molar-refractivity contribution in [3.8, 4) is 11.3 Å². The van der Waals surface area contributed by atoms with E-state index in [0.717, 1.165) is 22.5 Å². The number of rotatable bonds is 1. The van der Waals surface area contributed by atoms with E-state index in [1.807, 2.05) is 24.7 Å². The summed E-state index contributed by atoms with van der Waals surface area (Å²) in [6.45, 7) is 6.47. The maximum atomic E-state index is 4.52. The Kier molecular flexibility index (Phi) is 2.55. The van der Waals surface area contributed by atoms with Gasteiger partial charge in [0.25, 0.3) is 0 Å². The van der Waals surface area contributed by atoms with Crippen LogP contribution in [-0.4, -0.2) is 24.6 Å². The van der Waals surface area contributed by atoms with Crippen LogP contribution in [-0.2, 0) is 5.41 Å². The largest absolute Gasteiger partial charge is 0.245 e. The van der Waals surface area contributed by atoms with Crippen LogP contribution in [0, 0.1) is 0 Å². The molecule has 0 unspecified atom stereocenters. The van der Waals surface area contributed by atoms with E-state index in [0.29, 0.717) is 0 Å². The summed E-state index contributed by atoms with van der Waals surface area (Å²) in [5, 5.41) is 4.38. The molecule has 0 radical (unpaired) electrons. The lowest BCUT2D eigenvalue weighted by Crippen LogP contribution is -2.11. The van der Waals surface area contributed by atoms with Gasteiger partial charge in [0.05, 0.1) is 11.9 Å². The minimum absolute atomic E-state index is 0.0329. The predicted octanol–water partition coefficient (Wildman–Crippen LogP) is 2.48. The van der Waals surface area contributed by atoms with Crippen LogP contribution in [0.3, 0.4) is 0 Å². The Labute approximate surface area is 111 Å². The third kappa shape index (κ3) is 2.07. The molecule has 3 aromatic heterocycles. The van der Waals surface area contributed by atoms with Crippen LogP contribution in [0.4, 0.5) is 0 Å². The van der Waals surface area contributed by atoms with E-state index in [1.165, 1.54) is 6.33 Å². The van der Waals surface area contributed by atoms with E-state index in [-0.39, 0.29) is 5.41 Å². The molecule has 0 aliphatic rings. The molecule has 0 amide bonds. The topological polar surface area (TPSA) is 56.0 Å². The monoisotopic (exact) mass is 253 g/mol. The van der Waals surface area contributed by atoms with Crippen molar-refractivity contribution in [1.29, 1.82) is 0 Å². The van der Waals surface area contributed by atoms with Gasteiger partial charge in [0.1, 0.15) is 6.33 Å². The van der Waals surface area contributed by atoms with Crippen molar-refractivity contribution in [3.05, 3.63) is 42.7 Å². The van der Waals surface area contributed by atoms with Crippen LogP contribution < -0.4 is 0 Å². The number of hydrogen-bond acceptors (Lipinski definition) is 4. The molecule has 0 fully saturated rings. The van der Waals surface area contributed by atoms with Crippen LogP contribution >= 0.6 is 0 Å². The molecule has 0 saturated carbocycles. The van der Waals surface area contributed by atoms with E-state index >= 15 is 0 Å². The maximum Gasteiger partial charge on any atom is 0.158 e. The fourth-order valence-corrected chi connectivity index (χ4v) is 2.00. The van der Waals surface area contributed by atoms with E-state index < -0.39 is 0 Å². The molecule has 5 nitrogen and oxygen atoms in total. The highest BCUT2D eigenvalue weighted by Crippen LogP contribution is 2.26. The normalized spacial score (nSPS) is 11.9. The van der Waals surface area contributed by atoms with Crippen LogP contribution in [0.5, 0.6) is 0 Å². The highest BCUT2D eigenvalue weighted by molar-refractivity contribution is 5.59. The zero-order chi connectivity index (χ0) is 13.5. The van der Waals surface area contributed by atoms with Gasteiger partial charge in [0.15, 0.2) is 5.65 Å². The molecule has 0 N–H and O–H groups in total. The Bertz CT molecular complexity index is 710. The van der Waals surface area contributed by atoms with Gasteiger partial charge in [-0.2, -0.15) is 5.10 Å². The molecule has 5 heteroatoms. The van der Waals surface area contributed by atoms with Gasteiger partial charge in [0.2, 0.25) is 0 Å². The van der Waals surface area contributed by atoms with Crippen LogP contribution in [0.15, 0.2) is 37.2 Å². The molecule has 0 saturated heterocycles. The van der Waals surface area contributed by atoms with Gasteiger partial charge in [-0.15, -0.1) is 0 Å². The molecule has 0 spiro atoms. The molecule has 0 bridgehead atoms. The molecular formula is C14H15N5. The summed E-state index contributed by atoms with van der Waals surface area (Å²) in [6.07, 6.45) is 8.90. The number of aromatic nitrogens is 5. The minimum atomic E-state index is 0.0329. The first kappa shape index (κ1) is 11.8. The van der Waals surface area contributed by atoms with Gasteiger partial charge >= 0.3 is 0 Å². The van der Waals surface area contributed by atoms with Gasteiger partial charge < -0.3 is 0 Å². The number of hydrogen-bond donors (Lipinski definition) is 0. The maximum absolute atomic E-state index is 4.52. The first-order valence-electron chi connectivity index (χ1n) is 6.16. The quantitative estimate of drug-likeness (QED) is 0.668. The molecule has 0 aliphatic heterocycles. The van der Waals surface area contributed by atoms with Gasteiger partial charge in [-0.1, -0.05) is 20.8 Å². The van der Waals surface area contributed by atoms with Crippen molar-refractivity contribution in [3.63, 3.8) is 0 Å². The first-order valence-corrected chi connectivity index (χ1v) is 6.16. The molecule has 19 heavy (non-hydrogen) atoms. The predicted molar refractivity (Wildman–Crippen MR) is 72.7 cm³/mol. The lowest BCUT2D eigenvalue weighted by molar-refractivity contribution is 0.594. The molecule has 3 aromatic rings. The second-order valence-electron chi connectivity index (χ2n) is 5.51. The number of nitrogens with zero attached hydrogens (tertiary/aromatic N) is 5. The summed E-state index contributed by atoms with van der Waals surface area (Å²) in [7, 11) is 0. The standard InChI is InChI=1S/C14H15N5/c1-14(2,3)11-7-18-19-8-10(6-16-13(11)19)12-4-5-15-9-17-12/h4-9H,1-3H3. The third-order valence-electron chi connectivity index (χ3n) is 3.04. The smallest absolute Gasteiger partial charge is 0.158 e. The van der Waals surface area contributed by atoms with Crippen molar-refractivity contribution in [2.75, 3.05) is 0 Å². The summed E-state index contributed by atoms with van der Waals surface area (Å²) in [5.74, 6) is 0. The zero-order valence-electron chi connectivity index (χ0n) is 11.2. The van der Waals surface area contributed by atoms with Crippen molar-refractivity contribution in [1.82, 2.24) is 24.6 Å². The summed E-state index contributed by atoms with van der Waals surface area (Å²) >= 11 is 0. The van der Waals surface area contributed by atoms with Crippen LogP contribution in [0.1, 0.15) is 26.3 Å². The van der Waals surface area contributed by atoms with Crippen molar-refractivity contribution < 1.29 is 0 Å². The Balaban J connectivity index is 2.14. The van der Waals surface area contributed by atoms with E-state index in [1.54, 1.807) is 10.7 Å². The molecule has 0 aliphatic carbocycles. The average molecular weight is 253 g/mol. The minimum Gasteiger partial charge on any atom is -0.245 e. The molecular weight excluding hydrogens is 238 g/mol. The molecule has 0 aromatic carbocycles. The highest BCUT2D eigenvalue weighted by atomic mass is 15.2. The van der Waals surface area contributed by atoms with Crippen LogP contribution in [0.25, 0.3) is 16.9 Å². The third-order valence-corrected chi connectivity index (χ3v) is 3.04. The molecule has 0 atom stereocenters. The Hall–Kier alpha value is -2.30. The van der Waals surface area contributed by atoms with E-state index in [4.69, 9.17) is 0 Å². The Morgan fingerprint density at radius 3 is 2.63 bits per heavy atom. The second kappa shape index (κ2) is 4.12. The first-order chi connectivity index (χ1) is 9.05. The Morgan fingerprint density at radius 1 is 1.11 bits per heavy atom. The second-order valence-corrected chi connectivity index (χ2v) is 5.51. The fourth-order valence-electron chi connectivity index (χ4n) is 2.00. The van der Waals surface area contributed by atoms with Gasteiger partial charge in [-0.25, -0.2) is 19.5 Å². The zero-order valence-corrected chi connectivity index (χ0v) is 11.2. The van der Waals surface area contributed by atoms with Crippen molar-refractivity contribution in [2.24, 2.45) is 0 Å². The number of fused-ring (bicyclic) bond motifs is 1. The summed E-state index contributed by atoms with van der Waals surface area (Å²) < 4.78 is 1.80. The van der Waals surface area contributed by atoms with Gasteiger partial charge in [0, 0.05) is 29.7 Å². The lowest BCUT2D eigenvalue weighted by Gasteiger charge is -2.15. The molecule has 3 rings (SSSR count). The summed E-state index contributed by atoms with van der Waals surface area (Å²) in [4.78, 5) is 12.7. The SMILES string of the molecule is CC(C)(C)c1cnn2cc(-c3ccncn3)cnc12.